The summed E-state index contributed by atoms with van der Waals surface area (Å²) in [6.07, 6.45) is 13.6. The van der Waals surface area contributed by atoms with Crippen molar-refractivity contribution in [2.24, 2.45) is 11.8 Å². The largest absolute Gasteiger partial charge is 0.298 e. The molecule has 0 radical (unpaired) electrons. The van der Waals surface area contributed by atoms with Crippen LogP contribution in [0.15, 0.2) is 36.0 Å². The molecule has 0 saturated carbocycles. The highest BCUT2D eigenvalue weighted by Gasteiger charge is 2.22. The van der Waals surface area contributed by atoms with E-state index in [0.717, 1.165) is 24.7 Å². The maximum absolute atomic E-state index is 10.5. The third kappa shape index (κ3) is 1.27. The van der Waals surface area contributed by atoms with Gasteiger partial charge < -0.3 is 0 Å². The third-order valence-corrected chi connectivity index (χ3v) is 2.65. The fourth-order valence-electron chi connectivity index (χ4n) is 1.91. The van der Waals surface area contributed by atoms with Crippen LogP contribution in [0.3, 0.4) is 0 Å². The summed E-state index contributed by atoms with van der Waals surface area (Å²) in [6, 6.07) is 0. The van der Waals surface area contributed by atoms with E-state index in [2.05, 4.69) is 30.4 Å². The monoisotopic (exact) mass is 160 g/mol. The number of carbonyl (C=O) groups is 1. The summed E-state index contributed by atoms with van der Waals surface area (Å²) in [5.74, 6) is 1.21. The Balaban J connectivity index is 2.17. The van der Waals surface area contributed by atoms with E-state index in [4.69, 9.17) is 0 Å². The minimum atomic E-state index is 0.570. The van der Waals surface area contributed by atoms with E-state index in [1.165, 1.54) is 0 Å². The van der Waals surface area contributed by atoms with Gasteiger partial charge in [0.05, 0.1) is 0 Å². The first-order valence-electron chi connectivity index (χ1n) is 4.39. The van der Waals surface area contributed by atoms with Crippen molar-refractivity contribution < 1.29 is 4.79 Å². The highest BCUT2D eigenvalue weighted by atomic mass is 16.1. The molecule has 1 nitrogen and oxygen atoms in total. The van der Waals surface area contributed by atoms with Crippen LogP contribution < -0.4 is 0 Å². The van der Waals surface area contributed by atoms with Gasteiger partial charge in [0.1, 0.15) is 6.29 Å². The van der Waals surface area contributed by atoms with Crippen molar-refractivity contribution in [3.8, 4) is 0 Å². The van der Waals surface area contributed by atoms with Crippen LogP contribution in [-0.2, 0) is 4.79 Å². The lowest BCUT2D eigenvalue weighted by Gasteiger charge is -2.26. The minimum absolute atomic E-state index is 0.570. The number of hydrogen-bond acceptors (Lipinski definition) is 1. The minimum Gasteiger partial charge on any atom is -0.298 e. The van der Waals surface area contributed by atoms with Crippen LogP contribution >= 0.6 is 0 Å². The van der Waals surface area contributed by atoms with Gasteiger partial charge in [-0.25, -0.2) is 0 Å². The van der Waals surface area contributed by atoms with Crippen molar-refractivity contribution in [2.75, 3.05) is 0 Å². The second-order valence-corrected chi connectivity index (χ2v) is 3.43. The highest BCUT2D eigenvalue weighted by molar-refractivity contribution is 5.73. The van der Waals surface area contributed by atoms with Crippen molar-refractivity contribution in [3.63, 3.8) is 0 Å². The van der Waals surface area contributed by atoms with E-state index in [9.17, 15) is 4.79 Å². The maximum Gasteiger partial charge on any atom is 0.145 e. The zero-order valence-corrected chi connectivity index (χ0v) is 6.94. The fourth-order valence-corrected chi connectivity index (χ4v) is 1.91. The van der Waals surface area contributed by atoms with Gasteiger partial charge in [-0.05, 0) is 30.3 Å². The number of aldehydes is 1. The molecule has 0 aromatic heterocycles. The van der Waals surface area contributed by atoms with Crippen LogP contribution in [-0.4, -0.2) is 6.29 Å². The number of rotatable bonds is 1. The van der Waals surface area contributed by atoms with Gasteiger partial charge in [0, 0.05) is 0 Å². The molecule has 0 saturated heterocycles. The molecule has 0 aromatic rings. The van der Waals surface area contributed by atoms with Gasteiger partial charge in [-0.2, -0.15) is 0 Å². The Hall–Kier alpha value is -1.11. The van der Waals surface area contributed by atoms with Gasteiger partial charge in [-0.3, -0.25) is 4.79 Å². The van der Waals surface area contributed by atoms with E-state index in [1.54, 1.807) is 0 Å². The van der Waals surface area contributed by atoms with Crippen molar-refractivity contribution >= 4 is 6.29 Å². The molecule has 2 atom stereocenters. The fraction of sp³-hybridized carbons (Fsp3) is 0.364. The van der Waals surface area contributed by atoms with Crippen LogP contribution in [0.5, 0.6) is 0 Å². The maximum atomic E-state index is 10.5. The summed E-state index contributed by atoms with van der Waals surface area (Å²) >= 11 is 0. The molecule has 0 heterocycles. The van der Waals surface area contributed by atoms with Crippen molar-refractivity contribution in [2.45, 2.75) is 12.8 Å². The molecule has 0 bridgehead atoms. The topological polar surface area (TPSA) is 17.1 Å². The first kappa shape index (κ1) is 7.53. The van der Waals surface area contributed by atoms with Gasteiger partial charge in [-0.1, -0.05) is 30.4 Å². The molecular weight excluding hydrogens is 148 g/mol. The molecule has 2 aliphatic rings. The Morgan fingerprint density at radius 1 is 1.25 bits per heavy atom. The van der Waals surface area contributed by atoms with Crippen LogP contribution in [0.25, 0.3) is 0 Å². The first-order valence-corrected chi connectivity index (χ1v) is 4.39. The highest BCUT2D eigenvalue weighted by Crippen LogP contribution is 2.32. The van der Waals surface area contributed by atoms with E-state index < -0.39 is 0 Å². The normalized spacial score (nSPS) is 32.5. The van der Waals surface area contributed by atoms with E-state index in [0.29, 0.717) is 11.8 Å². The summed E-state index contributed by atoms with van der Waals surface area (Å²) in [7, 11) is 0. The molecule has 62 valence electrons. The summed E-state index contributed by atoms with van der Waals surface area (Å²) < 4.78 is 0. The first-order chi connectivity index (χ1) is 5.90. The lowest BCUT2D eigenvalue weighted by atomic mass is 9.78. The molecule has 0 aliphatic heterocycles. The van der Waals surface area contributed by atoms with Crippen molar-refractivity contribution in [3.05, 3.63) is 36.0 Å². The predicted octanol–water partition coefficient (Wildman–Crippen LogP) is 2.26. The van der Waals surface area contributed by atoms with Gasteiger partial charge in [0.15, 0.2) is 0 Å². The Kier molecular flexibility index (Phi) is 1.94. The second kappa shape index (κ2) is 3.10. The molecule has 12 heavy (non-hydrogen) atoms. The Labute approximate surface area is 72.5 Å². The Bertz CT molecular complexity index is 271. The van der Waals surface area contributed by atoms with E-state index in [-0.39, 0.29) is 0 Å². The number of carbonyl (C=O) groups excluding carboxylic acids is 1. The molecule has 1 heteroatoms. The molecule has 0 aromatic carbocycles. The molecule has 0 fully saturated rings. The summed E-state index contributed by atoms with van der Waals surface area (Å²) in [6.45, 7) is 0. The standard InChI is InChI=1S/C11H12O/c12-8-9-5-6-10-3-1-2-4-11(10)7-9/h1-5,8,10-11H,6-7H2. The average Bonchev–Trinajstić information content (AvgIpc) is 2.17. The van der Waals surface area contributed by atoms with Crippen molar-refractivity contribution in [1.29, 1.82) is 0 Å². The Morgan fingerprint density at radius 3 is 2.75 bits per heavy atom. The van der Waals surface area contributed by atoms with Crippen LogP contribution in [0.4, 0.5) is 0 Å². The van der Waals surface area contributed by atoms with Gasteiger partial charge in [0.25, 0.3) is 0 Å². The zero-order valence-electron chi connectivity index (χ0n) is 6.94. The second-order valence-electron chi connectivity index (χ2n) is 3.43. The summed E-state index contributed by atoms with van der Waals surface area (Å²) in [5.41, 5.74) is 0.969. The van der Waals surface area contributed by atoms with Crippen LogP contribution in [0.2, 0.25) is 0 Å². The number of fused-ring (bicyclic) bond motifs is 1. The average molecular weight is 160 g/mol. The molecule has 2 unspecified atom stereocenters. The molecule has 0 amide bonds. The number of hydrogen-bond donors (Lipinski definition) is 0. The van der Waals surface area contributed by atoms with Gasteiger partial charge >= 0.3 is 0 Å². The lowest BCUT2D eigenvalue weighted by molar-refractivity contribution is -0.105. The predicted molar refractivity (Wildman–Crippen MR) is 48.6 cm³/mol. The zero-order chi connectivity index (χ0) is 8.39. The summed E-state index contributed by atoms with van der Waals surface area (Å²) in [4.78, 5) is 10.5. The molecule has 0 spiro atoms. The third-order valence-electron chi connectivity index (χ3n) is 2.65. The number of allylic oxidation sites excluding steroid dienone is 6. The van der Waals surface area contributed by atoms with Crippen LogP contribution in [0.1, 0.15) is 12.8 Å². The van der Waals surface area contributed by atoms with Crippen molar-refractivity contribution in [1.82, 2.24) is 0 Å². The quantitative estimate of drug-likeness (QED) is 0.538. The van der Waals surface area contributed by atoms with E-state index in [1.807, 2.05) is 0 Å². The molecular formula is C11H12O. The van der Waals surface area contributed by atoms with Gasteiger partial charge in [0.2, 0.25) is 0 Å². The SMILES string of the molecule is O=CC1=CCC2C=CC=CC2C1. The molecule has 0 N–H and O–H groups in total. The van der Waals surface area contributed by atoms with Crippen LogP contribution in [0, 0.1) is 11.8 Å². The van der Waals surface area contributed by atoms with E-state index >= 15 is 0 Å². The molecule has 2 rings (SSSR count). The lowest BCUT2D eigenvalue weighted by Crippen LogP contribution is -2.17. The molecule has 2 aliphatic carbocycles. The Morgan fingerprint density at radius 2 is 2.00 bits per heavy atom. The smallest absolute Gasteiger partial charge is 0.145 e. The summed E-state index contributed by atoms with van der Waals surface area (Å²) in [5, 5.41) is 0. The van der Waals surface area contributed by atoms with Gasteiger partial charge in [-0.15, -0.1) is 0 Å².